The van der Waals surface area contributed by atoms with Gasteiger partial charge in [-0.2, -0.15) is 5.26 Å². The molecule has 0 bridgehead atoms. The lowest BCUT2D eigenvalue weighted by Gasteiger charge is -2.15. The number of halogens is 1. The zero-order valence-corrected chi connectivity index (χ0v) is 17.3. The molecular weight excluding hydrogens is 418 g/mol. The maximum atomic E-state index is 9.67. The summed E-state index contributed by atoms with van der Waals surface area (Å²) in [6.45, 7) is 4.98. The molecule has 0 radical (unpaired) electrons. The molecule has 2 N–H and O–H groups in total. The number of nitriles is 1. The Morgan fingerprint density at radius 3 is 2.36 bits per heavy atom. The number of nitrogens with two attached hydrogens (primary N) is 1. The summed E-state index contributed by atoms with van der Waals surface area (Å²) >= 11 is 3.50. The fourth-order valence-corrected chi connectivity index (χ4v) is 3.29. The highest BCUT2D eigenvalue weighted by molar-refractivity contribution is 9.10. The number of hydrogen-bond acceptors (Lipinski definition) is 5. The number of aromatic nitrogens is 1. The third kappa shape index (κ3) is 4.10. The van der Waals surface area contributed by atoms with Gasteiger partial charge in [0.2, 0.25) is 0 Å². The van der Waals surface area contributed by atoms with Crippen molar-refractivity contribution in [2.75, 3.05) is 18.9 Å². The molecule has 0 saturated carbocycles. The predicted octanol–water partition coefficient (Wildman–Crippen LogP) is 5.43. The van der Waals surface area contributed by atoms with Crippen LogP contribution in [0.2, 0.25) is 0 Å². The fraction of sp³-hybridized carbons (Fsp3) is 0.182. The number of benzene rings is 2. The molecule has 1 aromatic heterocycles. The standard InChI is InChI=1S/C22H20BrN3O2/c1-3-27-16-8-5-14(6-9-16)20-12-17(19(13-24)22(25)26-20)18-11-15(23)7-10-21(18)28-4-2/h5-12H,3-4H2,1-2H3,(H2,25,26). The number of nitrogens with zero attached hydrogens (tertiary/aromatic N) is 2. The molecule has 0 amide bonds. The Kier molecular flexibility index (Phi) is 6.17. The van der Waals surface area contributed by atoms with Crippen LogP contribution in [0.15, 0.2) is 53.0 Å². The number of anilines is 1. The summed E-state index contributed by atoms with van der Waals surface area (Å²) in [6.07, 6.45) is 0. The minimum absolute atomic E-state index is 0.186. The number of ether oxygens (including phenoxy) is 2. The molecule has 5 nitrogen and oxygen atoms in total. The van der Waals surface area contributed by atoms with Gasteiger partial charge in [0.25, 0.3) is 0 Å². The normalized spacial score (nSPS) is 10.4. The van der Waals surface area contributed by atoms with Crippen LogP contribution >= 0.6 is 15.9 Å². The van der Waals surface area contributed by atoms with Crippen molar-refractivity contribution in [1.82, 2.24) is 4.98 Å². The maximum absolute atomic E-state index is 9.67. The lowest BCUT2D eigenvalue weighted by atomic mass is 9.97. The highest BCUT2D eigenvalue weighted by Crippen LogP contribution is 2.38. The van der Waals surface area contributed by atoms with Gasteiger partial charge in [-0.1, -0.05) is 15.9 Å². The van der Waals surface area contributed by atoms with Crippen molar-refractivity contribution in [3.05, 3.63) is 58.6 Å². The molecule has 0 aliphatic heterocycles. The minimum Gasteiger partial charge on any atom is -0.494 e. The Bertz CT molecular complexity index is 1030. The van der Waals surface area contributed by atoms with Gasteiger partial charge in [-0.15, -0.1) is 0 Å². The first kappa shape index (κ1) is 19.7. The number of nitrogen functional groups attached to an aromatic ring is 1. The van der Waals surface area contributed by atoms with Crippen molar-refractivity contribution in [3.8, 4) is 40.0 Å². The lowest BCUT2D eigenvalue weighted by Crippen LogP contribution is -2.01. The Labute approximate surface area is 172 Å². The van der Waals surface area contributed by atoms with Crippen molar-refractivity contribution in [1.29, 1.82) is 5.26 Å². The summed E-state index contributed by atoms with van der Waals surface area (Å²) in [7, 11) is 0. The maximum Gasteiger partial charge on any atom is 0.142 e. The van der Waals surface area contributed by atoms with Crippen LogP contribution in [-0.4, -0.2) is 18.2 Å². The second kappa shape index (κ2) is 8.77. The first-order valence-corrected chi connectivity index (χ1v) is 9.73. The first-order valence-electron chi connectivity index (χ1n) is 8.94. The molecule has 0 unspecified atom stereocenters. The molecule has 2 aromatic carbocycles. The van der Waals surface area contributed by atoms with Gasteiger partial charge in [0, 0.05) is 21.2 Å². The summed E-state index contributed by atoms with van der Waals surface area (Å²) in [5.41, 5.74) is 9.49. The van der Waals surface area contributed by atoms with Gasteiger partial charge < -0.3 is 15.2 Å². The van der Waals surface area contributed by atoms with Gasteiger partial charge in [-0.25, -0.2) is 4.98 Å². The van der Waals surface area contributed by atoms with Crippen LogP contribution in [0.4, 0.5) is 5.82 Å². The summed E-state index contributed by atoms with van der Waals surface area (Å²) in [5.74, 6) is 1.66. The predicted molar refractivity (Wildman–Crippen MR) is 114 cm³/mol. The summed E-state index contributed by atoms with van der Waals surface area (Å²) < 4.78 is 12.1. The molecule has 3 aromatic rings. The van der Waals surface area contributed by atoms with E-state index in [4.69, 9.17) is 15.2 Å². The minimum atomic E-state index is 0.186. The molecule has 1 heterocycles. The molecule has 6 heteroatoms. The first-order chi connectivity index (χ1) is 13.6. The highest BCUT2D eigenvalue weighted by atomic mass is 79.9. The van der Waals surface area contributed by atoms with E-state index in [2.05, 4.69) is 27.0 Å². The van der Waals surface area contributed by atoms with E-state index in [0.717, 1.165) is 21.3 Å². The average molecular weight is 438 g/mol. The van der Waals surface area contributed by atoms with Crippen LogP contribution in [0, 0.1) is 11.3 Å². The van der Waals surface area contributed by atoms with Crippen LogP contribution in [-0.2, 0) is 0 Å². The van der Waals surface area contributed by atoms with E-state index >= 15 is 0 Å². The third-order valence-corrected chi connectivity index (χ3v) is 4.65. The topological polar surface area (TPSA) is 81.2 Å². The molecular formula is C22H20BrN3O2. The Balaban J connectivity index is 2.17. The van der Waals surface area contributed by atoms with Gasteiger partial charge in [-0.3, -0.25) is 0 Å². The average Bonchev–Trinajstić information content (AvgIpc) is 2.70. The van der Waals surface area contributed by atoms with Crippen LogP contribution in [0.1, 0.15) is 19.4 Å². The molecule has 0 spiro atoms. The molecule has 0 atom stereocenters. The Morgan fingerprint density at radius 2 is 1.71 bits per heavy atom. The molecule has 3 rings (SSSR count). The lowest BCUT2D eigenvalue weighted by molar-refractivity contribution is 0.340. The van der Waals surface area contributed by atoms with Gasteiger partial charge >= 0.3 is 0 Å². The monoisotopic (exact) mass is 437 g/mol. The molecule has 28 heavy (non-hydrogen) atoms. The van der Waals surface area contributed by atoms with E-state index in [1.165, 1.54) is 0 Å². The summed E-state index contributed by atoms with van der Waals surface area (Å²) in [5, 5.41) is 9.67. The van der Waals surface area contributed by atoms with Gasteiger partial charge in [0.15, 0.2) is 0 Å². The van der Waals surface area contributed by atoms with Gasteiger partial charge in [0.1, 0.15) is 28.9 Å². The van der Waals surface area contributed by atoms with E-state index in [9.17, 15) is 5.26 Å². The second-order valence-corrected chi connectivity index (χ2v) is 6.87. The fourth-order valence-electron chi connectivity index (χ4n) is 2.93. The van der Waals surface area contributed by atoms with Gasteiger partial charge in [0.05, 0.1) is 18.9 Å². The molecule has 0 aliphatic carbocycles. The number of hydrogen-bond donors (Lipinski definition) is 1. The van der Waals surface area contributed by atoms with Crippen LogP contribution < -0.4 is 15.2 Å². The molecule has 0 saturated heterocycles. The highest BCUT2D eigenvalue weighted by Gasteiger charge is 2.17. The molecule has 0 aliphatic rings. The smallest absolute Gasteiger partial charge is 0.142 e. The van der Waals surface area contributed by atoms with Crippen molar-refractivity contribution in [2.24, 2.45) is 0 Å². The van der Waals surface area contributed by atoms with E-state index in [1.807, 2.05) is 62.4 Å². The number of rotatable bonds is 6. The molecule has 142 valence electrons. The zero-order valence-electron chi connectivity index (χ0n) is 15.7. The van der Waals surface area contributed by atoms with Crippen molar-refractivity contribution < 1.29 is 9.47 Å². The van der Waals surface area contributed by atoms with Crippen molar-refractivity contribution in [3.63, 3.8) is 0 Å². The van der Waals surface area contributed by atoms with Crippen LogP contribution in [0.5, 0.6) is 11.5 Å². The largest absolute Gasteiger partial charge is 0.494 e. The summed E-state index contributed by atoms with van der Waals surface area (Å²) in [6, 6.07) is 17.4. The van der Waals surface area contributed by atoms with E-state index in [1.54, 1.807) is 0 Å². The van der Waals surface area contributed by atoms with Gasteiger partial charge in [-0.05, 0) is 62.4 Å². The summed E-state index contributed by atoms with van der Waals surface area (Å²) in [4.78, 5) is 4.44. The second-order valence-electron chi connectivity index (χ2n) is 5.96. The quantitative estimate of drug-likeness (QED) is 0.555. The van der Waals surface area contributed by atoms with E-state index < -0.39 is 0 Å². The third-order valence-electron chi connectivity index (χ3n) is 4.15. The number of pyridine rings is 1. The Hall–Kier alpha value is -3.04. The van der Waals surface area contributed by atoms with Crippen molar-refractivity contribution in [2.45, 2.75) is 13.8 Å². The van der Waals surface area contributed by atoms with E-state index in [-0.39, 0.29) is 5.82 Å². The molecule has 0 fully saturated rings. The van der Waals surface area contributed by atoms with Crippen LogP contribution in [0.3, 0.4) is 0 Å². The zero-order chi connectivity index (χ0) is 20.1. The van der Waals surface area contributed by atoms with E-state index in [0.29, 0.717) is 35.8 Å². The van der Waals surface area contributed by atoms with Crippen molar-refractivity contribution >= 4 is 21.7 Å². The van der Waals surface area contributed by atoms with Crippen LogP contribution in [0.25, 0.3) is 22.4 Å². The SMILES string of the molecule is CCOc1ccc(-c2cc(-c3cc(Br)ccc3OCC)c(C#N)c(N)n2)cc1. The Morgan fingerprint density at radius 1 is 1.00 bits per heavy atom.